The molecule has 0 radical (unpaired) electrons. The van der Waals surface area contributed by atoms with Gasteiger partial charge in [-0.3, -0.25) is 10.1 Å². The van der Waals surface area contributed by atoms with Crippen molar-refractivity contribution in [2.24, 2.45) is 5.73 Å². The molecule has 2 rings (SSSR count). The number of rotatable bonds is 8. The number of likely N-dealkylation sites (tertiary alicyclic amines) is 1. The largest absolute Gasteiger partial charge is 0.368 e. The lowest BCUT2D eigenvalue weighted by Gasteiger charge is -2.33. The molecule has 2 aliphatic rings. The Morgan fingerprint density at radius 2 is 2.05 bits per heavy atom. The summed E-state index contributed by atoms with van der Waals surface area (Å²) >= 11 is 0. The van der Waals surface area contributed by atoms with Crippen LogP contribution in [0, 0.1) is 0 Å². The van der Waals surface area contributed by atoms with Crippen LogP contribution in [0.3, 0.4) is 0 Å². The summed E-state index contributed by atoms with van der Waals surface area (Å²) in [5.41, 5.74) is 4.98. The first kappa shape index (κ1) is 14.8. The van der Waals surface area contributed by atoms with E-state index in [-0.39, 0.29) is 5.91 Å². The van der Waals surface area contributed by atoms with Gasteiger partial charge in [0.25, 0.3) is 0 Å². The van der Waals surface area contributed by atoms with Crippen molar-refractivity contribution in [1.29, 1.82) is 0 Å². The van der Waals surface area contributed by atoms with Crippen LogP contribution in [-0.2, 0) is 4.79 Å². The van der Waals surface area contributed by atoms with E-state index in [0.717, 1.165) is 13.1 Å². The number of hydrogen-bond donors (Lipinski definition) is 2. The van der Waals surface area contributed by atoms with E-state index >= 15 is 0 Å². The number of carbonyl (C=O) groups is 1. The fourth-order valence-corrected chi connectivity index (χ4v) is 2.81. The summed E-state index contributed by atoms with van der Waals surface area (Å²) in [7, 11) is 2.08. The number of hydrogen-bond acceptors (Lipinski definition) is 4. The first-order valence-electron chi connectivity index (χ1n) is 7.48. The first-order valence-corrected chi connectivity index (χ1v) is 7.48. The Morgan fingerprint density at radius 3 is 2.58 bits per heavy atom. The lowest BCUT2D eigenvalue weighted by atomic mass is 10.0. The van der Waals surface area contributed by atoms with Crippen LogP contribution in [-0.4, -0.2) is 67.1 Å². The van der Waals surface area contributed by atoms with Crippen molar-refractivity contribution in [3.63, 3.8) is 0 Å². The van der Waals surface area contributed by atoms with Gasteiger partial charge >= 0.3 is 0 Å². The van der Waals surface area contributed by atoms with Crippen LogP contribution in [0.2, 0.25) is 0 Å². The molecule has 0 bridgehead atoms. The molecule has 2 fully saturated rings. The van der Waals surface area contributed by atoms with E-state index in [1.165, 1.54) is 38.8 Å². The van der Waals surface area contributed by atoms with Crippen LogP contribution in [0.15, 0.2) is 0 Å². The van der Waals surface area contributed by atoms with E-state index in [0.29, 0.717) is 12.6 Å². The van der Waals surface area contributed by atoms with Crippen molar-refractivity contribution in [1.82, 2.24) is 15.1 Å². The van der Waals surface area contributed by atoms with Gasteiger partial charge in [-0.05, 0) is 52.7 Å². The maximum absolute atomic E-state index is 11.7. The molecule has 0 aromatic heterocycles. The molecule has 1 saturated carbocycles. The summed E-state index contributed by atoms with van der Waals surface area (Å²) < 4.78 is 0. The van der Waals surface area contributed by atoms with E-state index in [1.54, 1.807) is 0 Å². The molecule has 0 aromatic rings. The summed E-state index contributed by atoms with van der Waals surface area (Å²) in [6, 6.07) is 0.490. The van der Waals surface area contributed by atoms with Gasteiger partial charge in [0.1, 0.15) is 5.54 Å². The second-order valence-corrected chi connectivity index (χ2v) is 6.40. The number of nitrogens with two attached hydrogens (primary N) is 1. The number of carbonyl (C=O) groups excluding carboxylic acids is 1. The molecule has 19 heavy (non-hydrogen) atoms. The quantitative estimate of drug-likeness (QED) is 0.651. The van der Waals surface area contributed by atoms with Crippen molar-refractivity contribution >= 4 is 5.91 Å². The summed E-state index contributed by atoms with van der Waals surface area (Å²) in [6.07, 6.45) is 4.98. The van der Waals surface area contributed by atoms with Crippen molar-refractivity contribution < 1.29 is 4.79 Å². The number of likely N-dealkylation sites (N-methyl/N-ethyl adjacent to an activating group) is 1. The number of nitrogens with one attached hydrogen (secondary N) is 1. The Hall–Kier alpha value is -0.650. The summed E-state index contributed by atoms with van der Waals surface area (Å²) in [5.74, 6) is -0.243. The van der Waals surface area contributed by atoms with Crippen molar-refractivity contribution in [3.05, 3.63) is 0 Å². The minimum absolute atomic E-state index is 0.243. The molecule has 1 aliphatic heterocycles. The normalized spacial score (nSPS) is 23.7. The van der Waals surface area contributed by atoms with Crippen LogP contribution in [0.5, 0.6) is 0 Å². The molecule has 0 aromatic carbocycles. The molecule has 5 nitrogen and oxygen atoms in total. The van der Waals surface area contributed by atoms with Gasteiger partial charge in [-0.1, -0.05) is 0 Å². The fraction of sp³-hybridized carbons (Fsp3) is 0.929. The average Bonchev–Trinajstić information content (AvgIpc) is 2.99. The van der Waals surface area contributed by atoms with Crippen LogP contribution in [0.1, 0.15) is 32.6 Å². The summed E-state index contributed by atoms with van der Waals surface area (Å²) in [6.45, 7) is 7.15. The highest BCUT2D eigenvalue weighted by molar-refractivity contribution is 5.84. The fourth-order valence-electron chi connectivity index (χ4n) is 2.81. The second kappa shape index (κ2) is 6.20. The van der Waals surface area contributed by atoms with E-state index in [9.17, 15) is 4.79 Å². The highest BCUT2D eigenvalue weighted by atomic mass is 16.1. The Bertz CT molecular complexity index is 313. The third-order valence-electron chi connectivity index (χ3n) is 4.23. The zero-order chi connectivity index (χ0) is 13.9. The molecule has 1 aliphatic carbocycles. The highest BCUT2D eigenvalue weighted by Crippen LogP contribution is 2.22. The van der Waals surface area contributed by atoms with Gasteiger partial charge in [-0.15, -0.1) is 0 Å². The molecule has 110 valence electrons. The van der Waals surface area contributed by atoms with E-state index < -0.39 is 5.54 Å². The van der Waals surface area contributed by atoms with Gasteiger partial charge in [-0.25, -0.2) is 0 Å². The molecule has 1 heterocycles. The summed E-state index contributed by atoms with van der Waals surface area (Å²) in [5, 5.41) is 3.40. The van der Waals surface area contributed by atoms with Crippen LogP contribution in [0.25, 0.3) is 0 Å². The predicted octanol–water partition coefficient (Wildman–Crippen LogP) is 0.0100. The van der Waals surface area contributed by atoms with Gasteiger partial charge in [0, 0.05) is 25.7 Å². The zero-order valence-corrected chi connectivity index (χ0v) is 12.3. The van der Waals surface area contributed by atoms with Crippen LogP contribution >= 0.6 is 0 Å². The van der Waals surface area contributed by atoms with E-state index in [2.05, 4.69) is 22.2 Å². The molecular formula is C14H28N4O. The Kier molecular flexibility index (Phi) is 4.81. The molecule has 5 heteroatoms. The molecular weight excluding hydrogens is 240 g/mol. The molecule has 0 spiro atoms. The van der Waals surface area contributed by atoms with Crippen molar-refractivity contribution in [3.8, 4) is 0 Å². The van der Waals surface area contributed by atoms with Gasteiger partial charge in [-0.2, -0.15) is 0 Å². The summed E-state index contributed by atoms with van der Waals surface area (Å²) in [4.78, 5) is 16.4. The SMILES string of the molecule is CN(CCN1CCCC1)CC(C)(NC1CC1)C(N)=O. The molecule has 1 saturated heterocycles. The van der Waals surface area contributed by atoms with E-state index in [1.807, 2.05) is 6.92 Å². The van der Waals surface area contributed by atoms with Crippen molar-refractivity contribution in [2.45, 2.75) is 44.2 Å². The maximum Gasteiger partial charge on any atom is 0.238 e. The van der Waals surface area contributed by atoms with E-state index in [4.69, 9.17) is 5.73 Å². The lowest BCUT2D eigenvalue weighted by Crippen LogP contribution is -2.60. The highest BCUT2D eigenvalue weighted by Gasteiger charge is 2.37. The smallest absolute Gasteiger partial charge is 0.238 e. The van der Waals surface area contributed by atoms with Gasteiger partial charge in [0.05, 0.1) is 0 Å². The Labute approximate surface area is 116 Å². The molecule has 3 N–H and O–H groups in total. The Morgan fingerprint density at radius 1 is 1.42 bits per heavy atom. The van der Waals surface area contributed by atoms with Crippen LogP contribution in [0.4, 0.5) is 0 Å². The minimum atomic E-state index is -0.596. The first-order chi connectivity index (χ1) is 8.99. The number of nitrogens with zero attached hydrogens (tertiary/aromatic N) is 2. The average molecular weight is 268 g/mol. The topological polar surface area (TPSA) is 61.6 Å². The minimum Gasteiger partial charge on any atom is -0.368 e. The monoisotopic (exact) mass is 268 g/mol. The Balaban J connectivity index is 1.76. The standard InChI is InChI=1S/C14H28N4O/c1-14(13(15)19,16-12-5-6-12)11-17(2)9-10-18-7-3-4-8-18/h12,16H,3-11H2,1-2H3,(H2,15,19). The molecule has 1 atom stereocenters. The second-order valence-electron chi connectivity index (χ2n) is 6.40. The predicted molar refractivity (Wildman–Crippen MR) is 76.9 cm³/mol. The van der Waals surface area contributed by atoms with Crippen LogP contribution < -0.4 is 11.1 Å². The lowest BCUT2D eigenvalue weighted by molar-refractivity contribution is -0.124. The molecule has 1 amide bonds. The van der Waals surface area contributed by atoms with Gasteiger partial charge in [0.15, 0.2) is 0 Å². The van der Waals surface area contributed by atoms with Gasteiger partial charge in [0.2, 0.25) is 5.91 Å². The number of amides is 1. The van der Waals surface area contributed by atoms with Gasteiger partial charge < -0.3 is 15.5 Å². The van der Waals surface area contributed by atoms with Crippen molar-refractivity contribution in [2.75, 3.05) is 39.8 Å². The molecule has 1 unspecified atom stereocenters. The maximum atomic E-state index is 11.7. The number of primary amides is 1. The zero-order valence-electron chi connectivity index (χ0n) is 12.3. The third kappa shape index (κ3) is 4.44. The third-order valence-corrected chi connectivity index (χ3v) is 4.23.